The second kappa shape index (κ2) is 8.20. The van der Waals surface area contributed by atoms with Gasteiger partial charge in [-0.2, -0.15) is 0 Å². The Bertz CT molecular complexity index is 608. The standard InChI is InChI=1S/C18H20O4/c1-2-22-18(20)17-15(9-6-10-16(17)19)13-21-12-11-14-7-4-3-5-8-14/h3-10,19H,2,11-13H2,1H3. The highest BCUT2D eigenvalue weighted by molar-refractivity contribution is 5.94. The van der Waals surface area contributed by atoms with Gasteiger partial charge in [-0.05, 0) is 30.5 Å². The average Bonchev–Trinajstić information content (AvgIpc) is 2.53. The first-order valence-electron chi connectivity index (χ1n) is 7.32. The Labute approximate surface area is 130 Å². The largest absolute Gasteiger partial charge is 0.507 e. The van der Waals surface area contributed by atoms with Gasteiger partial charge in [-0.1, -0.05) is 42.5 Å². The van der Waals surface area contributed by atoms with E-state index in [1.165, 1.54) is 11.6 Å². The lowest BCUT2D eigenvalue weighted by Gasteiger charge is -2.11. The number of phenols is 1. The zero-order chi connectivity index (χ0) is 15.8. The van der Waals surface area contributed by atoms with Gasteiger partial charge in [-0.3, -0.25) is 0 Å². The van der Waals surface area contributed by atoms with Gasteiger partial charge < -0.3 is 14.6 Å². The average molecular weight is 300 g/mol. The molecule has 0 saturated heterocycles. The highest BCUT2D eigenvalue weighted by atomic mass is 16.5. The van der Waals surface area contributed by atoms with E-state index in [9.17, 15) is 9.90 Å². The Morgan fingerprint density at radius 2 is 1.86 bits per heavy atom. The monoisotopic (exact) mass is 300 g/mol. The van der Waals surface area contributed by atoms with E-state index in [2.05, 4.69) is 0 Å². The molecule has 2 rings (SSSR count). The molecule has 0 spiro atoms. The number of phenolic OH excluding ortho intramolecular Hbond substituents is 1. The quantitative estimate of drug-likeness (QED) is 0.629. The number of esters is 1. The summed E-state index contributed by atoms with van der Waals surface area (Å²) >= 11 is 0. The molecule has 0 fully saturated rings. The maximum absolute atomic E-state index is 11.9. The fourth-order valence-electron chi connectivity index (χ4n) is 2.16. The van der Waals surface area contributed by atoms with E-state index in [4.69, 9.17) is 9.47 Å². The number of rotatable bonds is 7. The molecule has 4 nitrogen and oxygen atoms in total. The van der Waals surface area contributed by atoms with E-state index in [1.807, 2.05) is 30.3 Å². The van der Waals surface area contributed by atoms with Crippen LogP contribution in [0.3, 0.4) is 0 Å². The molecule has 0 aliphatic heterocycles. The maximum atomic E-state index is 11.9. The van der Waals surface area contributed by atoms with Crippen molar-refractivity contribution < 1.29 is 19.4 Å². The topological polar surface area (TPSA) is 55.8 Å². The van der Waals surface area contributed by atoms with E-state index in [1.54, 1.807) is 19.1 Å². The Balaban J connectivity index is 1.95. The van der Waals surface area contributed by atoms with Crippen molar-refractivity contribution in [3.05, 3.63) is 65.2 Å². The molecule has 0 atom stereocenters. The van der Waals surface area contributed by atoms with Gasteiger partial charge in [0.1, 0.15) is 11.3 Å². The lowest BCUT2D eigenvalue weighted by atomic mass is 10.1. The molecule has 0 unspecified atom stereocenters. The second-order valence-corrected chi connectivity index (χ2v) is 4.82. The normalized spacial score (nSPS) is 10.4. The smallest absolute Gasteiger partial charge is 0.342 e. The van der Waals surface area contributed by atoms with Crippen LogP contribution in [0.25, 0.3) is 0 Å². The van der Waals surface area contributed by atoms with Gasteiger partial charge in [0, 0.05) is 0 Å². The van der Waals surface area contributed by atoms with Crippen molar-refractivity contribution in [2.75, 3.05) is 13.2 Å². The Morgan fingerprint density at radius 3 is 2.59 bits per heavy atom. The zero-order valence-electron chi connectivity index (χ0n) is 12.6. The van der Waals surface area contributed by atoms with Gasteiger partial charge in [0.15, 0.2) is 0 Å². The van der Waals surface area contributed by atoms with E-state index in [0.717, 1.165) is 6.42 Å². The lowest BCUT2D eigenvalue weighted by Crippen LogP contribution is -2.10. The van der Waals surface area contributed by atoms with Crippen LogP contribution in [-0.4, -0.2) is 24.3 Å². The first-order valence-corrected chi connectivity index (χ1v) is 7.32. The minimum absolute atomic E-state index is 0.0809. The number of carbonyl (C=O) groups is 1. The molecule has 0 aliphatic carbocycles. The van der Waals surface area contributed by atoms with Gasteiger partial charge in [0.25, 0.3) is 0 Å². The fraction of sp³-hybridized carbons (Fsp3) is 0.278. The minimum atomic E-state index is -0.526. The van der Waals surface area contributed by atoms with Crippen LogP contribution in [0.1, 0.15) is 28.4 Å². The summed E-state index contributed by atoms with van der Waals surface area (Å²) in [6.45, 7) is 2.80. The molecule has 22 heavy (non-hydrogen) atoms. The summed E-state index contributed by atoms with van der Waals surface area (Å²) in [6, 6.07) is 15.0. The molecular formula is C18H20O4. The number of carbonyl (C=O) groups excluding carboxylic acids is 1. The predicted molar refractivity (Wildman–Crippen MR) is 83.9 cm³/mol. The van der Waals surface area contributed by atoms with Crippen molar-refractivity contribution in [2.24, 2.45) is 0 Å². The van der Waals surface area contributed by atoms with Gasteiger partial charge >= 0.3 is 5.97 Å². The molecular weight excluding hydrogens is 280 g/mol. The molecule has 116 valence electrons. The summed E-state index contributed by atoms with van der Waals surface area (Å²) in [4.78, 5) is 11.9. The van der Waals surface area contributed by atoms with E-state index >= 15 is 0 Å². The van der Waals surface area contributed by atoms with Crippen LogP contribution in [0, 0.1) is 0 Å². The highest BCUT2D eigenvalue weighted by Crippen LogP contribution is 2.23. The van der Waals surface area contributed by atoms with Gasteiger partial charge in [-0.25, -0.2) is 4.79 Å². The van der Waals surface area contributed by atoms with E-state index in [-0.39, 0.29) is 24.5 Å². The molecule has 0 heterocycles. The van der Waals surface area contributed by atoms with Crippen LogP contribution < -0.4 is 0 Å². The minimum Gasteiger partial charge on any atom is -0.507 e. The maximum Gasteiger partial charge on any atom is 0.342 e. The summed E-state index contributed by atoms with van der Waals surface area (Å²) in [5, 5.41) is 9.87. The highest BCUT2D eigenvalue weighted by Gasteiger charge is 2.17. The molecule has 0 amide bonds. The molecule has 0 radical (unpaired) electrons. The molecule has 0 bridgehead atoms. The Kier molecular flexibility index (Phi) is 5.98. The number of aromatic hydroxyl groups is 1. The van der Waals surface area contributed by atoms with Crippen LogP contribution in [-0.2, 0) is 22.5 Å². The number of hydrogen-bond acceptors (Lipinski definition) is 4. The fourth-order valence-corrected chi connectivity index (χ4v) is 2.16. The zero-order valence-corrected chi connectivity index (χ0v) is 12.6. The third kappa shape index (κ3) is 4.33. The van der Waals surface area contributed by atoms with Crippen LogP contribution in [0.4, 0.5) is 0 Å². The molecule has 1 N–H and O–H groups in total. The summed E-state index contributed by atoms with van der Waals surface area (Å²) in [7, 11) is 0. The lowest BCUT2D eigenvalue weighted by molar-refractivity contribution is 0.0515. The third-order valence-corrected chi connectivity index (χ3v) is 3.24. The van der Waals surface area contributed by atoms with E-state index < -0.39 is 5.97 Å². The predicted octanol–water partition coefficient (Wildman–Crippen LogP) is 3.33. The molecule has 4 heteroatoms. The van der Waals surface area contributed by atoms with Crippen molar-refractivity contribution in [1.29, 1.82) is 0 Å². The van der Waals surface area contributed by atoms with Crippen molar-refractivity contribution in [3.8, 4) is 5.75 Å². The first kappa shape index (κ1) is 16.0. The molecule has 2 aromatic carbocycles. The first-order chi connectivity index (χ1) is 10.7. The molecule has 2 aromatic rings. The summed E-state index contributed by atoms with van der Waals surface area (Å²) < 4.78 is 10.6. The SMILES string of the molecule is CCOC(=O)c1c(O)cccc1COCCc1ccccc1. The molecule has 0 aliphatic rings. The van der Waals surface area contributed by atoms with Crippen LogP contribution in [0.5, 0.6) is 5.75 Å². The summed E-state index contributed by atoms with van der Waals surface area (Å²) in [5.41, 5.74) is 2.01. The van der Waals surface area contributed by atoms with E-state index in [0.29, 0.717) is 12.2 Å². The van der Waals surface area contributed by atoms with Crippen molar-refractivity contribution >= 4 is 5.97 Å². The molecule has 0 saturated carbocycles. The second-order valence-electron chi connectivity index (χ2n) is 4.82. The summed E-state index contributed by atoms with van der Waals surface area (Å²) in [5.74, 6) is -0.607. The van der Waals surface area contributed by atoms with Gasteiger partial charge in [-0.15, -0.1) is 0 Å². The number of benzene rings is 2. The summed E-state index contributed by atoms with van der Waals surface area (Å²) in [6.07, 6.45) is 0.800. The van der Waals surface area contributed by atoms with Crippen molar-refractivity contribution in [2.45, 2.75) is 20.0 Å². The van der Waals surface area contributed by atoms with Crippen molar-refractivity contribution in [3.63, 3.8) is 0 Å². The van der Waals surface area contributed by atoms with Gasteiger partial charge in [0.2, 0.25) is 0 Å². The van der Waals surface area contributed by atoms with Crippen molar-refractivity contribution in [1.82, 2.24) is 0 Å². The van der Waals surface area contributed by atoms with Crippen LogP contribution in [0.15, 0.2) is 48.5 Å². The van der Waals surface area contributed by atoms with Crippen LogP contribution in [0.2, 0.25) is 0 Å². The Hall–Kier alpha value is -2.33. The molecule has 0 aromatic heterocycles. The number of hydrogen-bond donors (Lipinski definition) is 1. The Morgan fingerprint density at radius 1 is 1.09 bits per heavy atom. The number of ether oxygens (including phenoxy) is 2. The van der Waals surface area contributed by atoms with Crippen LogP contribution >= 0.6 is 0 Å². The third-order valence-electron chi connectivity index (χ3n) is 3.24. The van der Waals surface area contributed by atoms with Gasteiger partial charge in [0.05, 0.1) is 19.8 Å².